The van der Waals surface area contributed by atoms with E-state index in [-0.39, 0.29) is 30.2 Å². The van der Waals surface area contributed by atoms with Crippen LogP contribution in [0.25, 0.3) is 0 Å². The summed E-state index contributed by atoms with van der Waals surface area (Å²) in [6, 6.07) is 0. The Kier molecular flexibility index (Phi) is 7.34. The molecule has 0 aromatic carbocycles. The molecule has 0 aliphatic carbocycles. The van der Waals surface area contributed by atoms with Gasteiger partial charge in [0.15, 0.2) is 0 Å². The minimum atomic E-state index is -4.76. The van der Waals surface area contributed by atoms with Gasteiger partial charge in [-0.3, -0.25) is 0 Å². The van der Waals surface area contributed by atoms with Gasteiger partial charge in [0, 0.05) is 6.54 Å². The van der Waals surface area contributed by atoms with Gasteiger partial charge in [-0.05, 0) is 0 Å². The van der Waals surface area contributed by atoms with Crippen LogP contribution in [-0.4, -0.2) is 13.2 Å². The Labute approximate surface area is 63.3 Å². The number of phosphoric acid groups is 1. The van der Waals surface area contributed by atoms with Gasteiger partial charge in [-0.2, -0.15) is 0 Å². The smallest absolute Gasteiger partial charge is 0.790 e. The van der Waals surface area contributed by atoms with Crippen LogP contribution in [0.5, 0.6) is 0 Å². The first kappa shape index (κ1) is 12.3. The topological polar surface area (TPSA) is 98.4 Å². The largest absolute Gasteiger partial charge is 2.00 e. The van der Waals surface area contributed by atoms with Crippen molar-refractivity contribution in [3.8, 4) is 0 Å². The van der Waals surface area contributed by atoms with Gasteiger partial charge in [-0.25, -0.2) is 0 Å². The molecule has 59 valence electrons. The molecule has 1 radical (unpaired) electrons. The van der Waals surface area contributed by atoms with Crippen LogP contribution in [-0.2, 0) is 26.2 Å². The molecule has 0 aliphatic rings. The maximum atomic E-state index is 9.58. The van der Waals surface area contributed by atoms with Gasteiger partial charge in [-0.1, -0.05) is 0 Å². The van der Waals surface area contributed by atoms with Gasteiger partial charge < -0.3 is 24.6 Å². The predicted molar refractivity (Wildman–Crippen MR) is 22.6 cm³/mol. The average molecular weight is 203 g/mol. The standard InChI is InChI=1S/C2H8NO4P.Cu/c3-1-2-7-8(4,5)6;/h1-3H2,(H2,4,5,6);/q;+2/p-2. The molecular formula is C2H6CuNO4P. The van der Waals surface area contributed by atoms with Crippen LogP contribution in [0.2, 0.25) is 0 Å². The van der Waals surface area contributed by atoms with E-state index in [1.54, 1.807) is 0 Å². The van der Waals surface area contributed by atoms with Crippen molar-refractivity contribution >= 4 is 7.82 Å². The molecule has 0 saturated carbocycles. The molecule has 0 atom stereocenters. The van der Waals surface area contributed by atoms with Gasteiger partial charge in [-0.15, -0.1) is 0 Å². The molecule has 5 nitrogen and oxygen atoms in total. The molecule has 0 fully saturated rings. The molecule has 0 spiro atoms. The van der Waals surface area contributed by atoms with E-state index in [1.807, 2.05) is 0 Å². The molecule has 0 heterocycles. The first-order chi connectivity index (χ1) is 3.56. The Morgan fingerprint density at radius 3 is 2.11 bits per heavy atom. The van der Waals surface area contributed by atoms with Crippen molar-refractivity contribution in [2.75, 3.05) is 13.2 Å². The quantitative estimate of drug-likeness (QED) is 0.413. The molecule has 0 aromatic rings. The molecule has 9 heavy (non-hydrogen) atoms. The second kappa shape index (κ2) is 5.38. The summed E-state index contributed by atoms with van der Waals surface area (Å²) in [7, 11) is -4.76. The summed E-state index contributed by atoms with van der Waals surface area (Å²) in [5, 5.41) is 0. The van der Waals surface area contributed by atoms with E-state index in [9.17, 15) is 14.4 Å². The first-order valence-electron chi connectivity index (χ1n) is 1.93. The number of hydrogen-bond donors (Lipinski definition) is 1. The van der Waals surface area contributed by atoms with Gasteiger partial charge in [0.25, 0.3) is 0 Å². The van der Waals surface area contributed by atoms with Gasteiger partial charge >= 0.3 is 17.1 Å². The Morgan fingerprint density at radius 2 is 2.00 bits per heavy atom. The normalized spacial score (nSPS) is 10.6. The fourth-order valence-corrected chi connectivity index (χ4v) is 0.494. The SMILES string of the molecule is NCCOP(=O)([O-])[O-].[Cu+2]. The van der Waals surface area contributed by atoms with E-state index in [2.05, 4.69) is 4.52 Å². The van der Waals surface area contributed by atoms with Crippen molar-refractivity contribution in [1.82, 2.24) is 0 Å². The van der Waals surface area contributed by atoms with Crippen molar-refractivity contribution in [2.24, 2.45) is 5.73 Å². The van der Waals surface area contributed by atoms with E-state index in [0.717, 1.165) is 0 Å². The fourth-order valence-electron chi connectivity index (χ4n) is 0.165. The van der Waals surface area contributed by atoms with Crippen LogP contribution >= 0.6 is 7.82 Å². The molecule has 0 bridgehead atoms. The van der Waals surface area contributed by atoms with Crippen molar-refractivity contribution in [3.05, 3.63) is 0 Å². The Bertz CT molecular complexity index is 103. The molecule has 2 N–H and O–H groups in total. The Morgan fingerprint density at radius 1 is 1.56 bits per heavy atom. The van der Waals surface area contributed by atoms with Gasteiger partial charge in [0.1, 0.15) is 0 Å². The van der Waals surface area contributed by atoms with Gasteiger partial charge in [0.2, 0.25) is 0 Å². The summed E-state index contributed by atoms with van der Waals surface area (Å²) < 4.78 is 13.3. The Balaban J connectivity index is 0. The molecule has 0 aromatic heterocycles. The van der Waals surface area contributed by atoms with E-state index in [0.29, 0.717) is 0 Å². The Hall–Kier alpha value is 0.589. The van der Waals surface area contributed by atoms with E-state index >= 15 is 0 Å². The minimum Gasteiger partial charge on any atom is -0.790 e. The summed E-state index contributed by atoms with van der Waals surface area (Å²) in [4.78, 5) is 19.2. The number of nitrogens with two attached hydrogens (primary N) is 1. The summed E-state index contributed by atoms with van der Waals surface area (Å²) in [6.45, 7) is -0.196. The molecule has 0 rings (SSSR count). The van der Waals surface area contributed by atoms with E-state index in [4.69, 9.17) is 5.73 Å². The predicted octanol–water partition coefficient (Wildman–Crippen LogP) is -2.21. The number of phosphoric ester groups is 1. The van der Waals surface area contributed by atoms with Crippen LogP contribution in [0.4, 0.5) is 0 Å². The maximum Gasteiger partial charge on any atom is 2.00 e. The van der Waals surface area contributed by atoms with E-state index in [1.165, 1.54) is 0 Å². The minimum absolute atomic E-state index is 0. The third-order valence-electron chi connectivity index (χ3n) is 0.367. The average Bonchev–Trinajstić information content (AvgIpc) is 1.59. The summed E-state index contributed by atoms with van der Waals surface area (Å²) in [6.07, 6.45) is 0. The summed E-state index contributed by atoms with van der Waals surface area (Å²) in [5.74, 6) is 0. The van der Waals surface area contributed by atoms with Crippen LogP contribution in [0, 0.1) is 0 Å². The van der Waals surface area contributed by atoms with Crippen molar-refractivity contribution in [1.29, 1.82) is 0 Å². The summed E-state index contributed by atoms with van der Waals surface area (Å²) in [5.41, 5.74) is 4.81. The number of hydrogen-bond acceptors (Lipinski definition) is 5. The van der Waals surface area contributed by atoms with Crippen molar-refractivity contribution < 1.29 is 35.9 Å². The van der Waals surface area contributed by atoms with Crippen LogP contribution in [0.1, 0.15) is 0 Å². The number of rotatable bonds is 3. The van der Waals surface area contributed by atoms with Crippen LogP contribution in [0.15, 0.2) is 0 Å². The summed E-state index contributed by atoms with van der Waals surface area (Å²) >= 11 is 0. The van der Waals surface area contributed by atoms with Crippen molar-refractivity contribution in [2.45, 2.75) is 0 Å². The third-order valence-corrected chi connectivity index (χ3v) is 0.866. The molecular weight excluding hydrogens is 197 g/mol. The van der Waals surface area contributed by atoms with Crippen molar-refractivity contribution in [3.63, 3.8) is 0 Å². The third kappa shape index (κ3) is 11.9. The molecule has 0 amide bonds. The maximum absolute atomic E-state index is 9.58. The molecule has 0 saturated heterocycles. The molecule has 0 unspecified atom stereocenters. The monoisotopic (exact) mass is 202 g/mol. The molecule has 7 heteroatoms. The van der Waals surface area contributed by atoms with Crippen LogP contribution in [0.3, 0.4) is 0 Å². The zero-order valence-corrected chi connectivity index (χ0v) is 6.21. The fraction of sp³-hybridized carbons (Fsp3) is 1.00. The van der Waals surface area contributed by atoms with E-state index < -0.39 is 7.82 Å². The zero-order chi connectivity index (χ0) is 6.62. The second-order valence-electron chi connectivity index (χ2n) is 1.07. The first-order valence-corrected chi connectivity index (χ1v) is 3.39. The van der Waals surface area contributed by atoms with Crippen LogP contribution < -0.4 is 15.5 Å². The zero-order valence-electron chi connectivity index (χ0n) is 4.37. The molecule has 0 aliphatic heterocycles. The van der Waals surface area contributed by atoms with Gasteiger partial charge in [0.05, 0.1) is 14.4 Å². The second-order valence-corrected chi connectivity index (χ2v) is 2.22.